The van der Waals surface area contributed by atoms with Crippen molar-refractivity contribution < 1.29 is 14.1 Å². The van der Waals surface area contributed by atoms with Crippen molar-refractivity contribution in [1.82, 2.24) is 10.1 Å². The molecule has 1 aromatic carbocycles. The number of nitrogens with zero attached hydrogens (tertiary/aromatic N) is 2. The van der Waals surface area contributed by atoms with Crippen LogP contribution in [0.25, 0.3) is 11.3 Å². The Hall–Kier alpha value is -2.67. The predicted molar refractivity (Wildman–Crippen MR) is 107 cm³/mol. The molecule has 2 heterocycles. The molecule has 6 nitrogen and oxygen atoms in total. The van der Waals surface area contributed by atoms with Gasteiger partial charge in [-0.2, -0.15) is 0 Å². The van der Waals surface area contributed by atoms with Crippen molar-refractivity contribution in [2.45, 2.75) is 40.0 Å². The zero-order valence-electron chi connectivity index (χ0n) is 15.9. The minimum absolute atomic E-state index is 0.0762. The molecule has 142 valence electrons. The van der Waals surface area contributed by atoms with Crippen LogP contribution >= 0.6 is 11.3 Å². The Labute approximate surface area is 162 Å². The Kier molecular flexibility index (Phi) is 5.91. The molecule has 0 aliphatic rings. The lowest BCUT2D eigenvalue weighted by molar-refractivity contribution is 0.102. The summed E-state index contributed by atoms with van der Waals surface area (Å²) in [6.45, 7) is 8.47. The van der Waals surface area contributed by atoms with Gasteiger partial charge < -0.3 is 9.26 Å². The average Bonchev–Trinajstić information content (AvgIpc) is 3.27. The zero-order chi connectivity index (χ0) is 19.4. The van der Waals surface area contributed by atoms with Crippen LogP contribution in [0.2, 0.25) is 0 Å². The smallest absolute Gasteiger partial charge is 0.262 e. The molecule has 0 saturated carbocycles. The van der Waals surface area contributed by atoms with Gasteiger partial charge in [0.15, 0.2) is 10.9 Å². The highest BCUT2D eigenvalue weighted by molar-refractivity contribution is 7.14. The number of amides is 1. The van der Waals surface area contributed by atoms with Crippen molar-refractivity contribution in [3.8, 4) is 17.0 Å². The minimum Gasteiger partial charge on any atom is -0.494 e. The summed E-state index contributed by atoms with van der Waals surface area (Å²) >= 11 is 1.38. The van der Waals surface area contributed by atoms with E-state index < -0.39 is 0 Å². The SMILES string of the molecule is CCCOc1ccc(-c2csc(NC(=O)c3c(C)noc3C(C)C)n2)cc1. The van der Waals surface area contributed by atoms with Gasteiger partial charge in [-0.15, -0.1) is 11.3 Å². The fraction of sp³-hybridized carbons (Fsp3) is 0.350. The molecule has 0 aliphatic carbocycles. The first-order chi connectivity index (χ1) is 13.0. The van der Waals surface area contributed by atoms with E-state index in [2.05, 4.69) is 22.4 Å². The summed E-state index contributed by atoms with van der Waals surface area (Å²) in [5, 5.41) is 9.23. The second-order valence-electron chi connectivity index (χ2n) is 6.53. The average molecular weight is 385 g/mol. The number of anilines is 1. The summed E-state index contributed by atoms with van der Waals surface area (Å²) in [6.07, 6.45) is 0.973. The molecular weight excluding hydrogens is 362 g/mol. The summed E-state index contributed by atoms with van der Waals surface area (Å²) in [5.41, 5.74) is 2.85. The molecule has 0 radical (unpaired) electrons. The predicted octanol–water partition coefficient (Wildman–Crippen LogP) is 5.27. The van der Waals surface area contributed by atoms with E-state index in [4.69, 9.17) is 9.26 Å². The molecule has 7 heteroatoms. The van der Waals surface area contributed by atoms with Gasteiger partial charge in [0.2, 0.25) is 0 Å². The third-order valence-corrected chi connectivity index (χ3v) is 4.75. The van der Waals surface area contributed by atoms with Gasteiger partial charge in [-0.1, -0.05) is 25.9 Å². The van der Waals surface area contributed by atoms with Crippen molar-refractivity contribution in [3.05, 3.63) is 46.7 Å². The molecule has 0 bridgehead atoms. The standard InChI is InChI=1S/C20H23N3O3S/c1-5-10-25-15-8-6-14(7-9-15)16-11-27-20(21-16)22-19(24)17-13(4)23-26-18(17)12(2)3/h6-9,11-12H,5,10H2,1-4H3,(H,21,22,24). The number of carbonyl (C=O) groups excluding carboxylic acids is 1. The summed E-state index contributed by atoms with van der Waals surface area (Å²) in [7, 11) is 0. The van der Waals surface area contributed by atoms with Crippen molar-refractivity contribution in [1.29, 1.82) is 0 Å². The van der Waals surface area contributed by atoms with E-state index in [1.54, 1.807) is 6.92 Å². The van der Waals surface area contributed by atoms with Crippen LogP contribution in [0.3, 0.4) is 0 Å². The molecule has 0 unspecified atom stereocenters. The van der Waals surface area contributed by atoms with E-state index >= 15 is 0 Å². The third-order valence-electron chi connectivity index (χ3n) is 3.99. The van der Waals surface area contributed by atoms with Crippen LogP contribution in [0.5, 0.6) is 5.75 Å². The van der Waals surface area contributed by atoms with E-state index in [1.807, 2.05) is 43.5 Å². The number of hydrogen-bond acceptors (Lipinski definition) is 6. The van der Waals surface area contributed by atoms with Crippen molar-refractivity contribution in [3.63, 3.8) is 0 Å². The molecule has 0 aliphatic heterocycles. The van der Waals surface area contributed by atoms with E-state index in [1.165, 1.54) is 11.3 Å². The lowest BCUT2D eigenvalue weighted by Crippen LogP contribution is -2.14. The first kappa shape index (κ1) is 19.1. The fourth-order valence-corrected chi connectivity index (χ4v) is 3.34. The Morgan fingerprint density at radius 3 is 2.70 bits per heavy atom. The summed E-state index contributed by atoms with van der Waals surface area (Å²) in [5.74, 6) is 1.26. The van der Waals surface area contributed by atoms with Crippen LogP contribution in [0.4, 0.5) is 5.13 Å². The number of thiazole rings is 1. The Morgan fingerprint density at radius 1 is 1.30 bits per heavy atom. The molecule has 0 fully saturated rings. The molecule has 0 spiro atoms. The van der Waals surface area contributed by atoms with Gasteiger partial charge in [-0.25, -0.2) is 4.98 Å². The van der Waals surface area contributed by atoms with Gasteiger partial charge in [0.25, 0.3) is 5.91 Å². The number of nitrogens with one attached hydrogen (secondary N) is 1. The monoisotopic (exact) mass is 385 g/mol. The van der Waals surface area contributed by atoms with Crippen LogP contribution in [0.1, 0.15) is 54.9 Å². The van der Waals surface area contributed by atoms with Crippen LogP contribution in [0, 0.1) is 6.92 Å². The van der Waals surface area contributed by atoms with Crippen LogP contribution < -0.4 is 10.1 Å². The first-order valence-electron chi connectivity index (χ1n) is 8.95. The lowest BCUT2D eigenvalue weighted by atomic mass is 10.0. The quantitative estimate of drug-likeness (QED) is 0.599. The number of rotatable bonds is 7. The third kappa shape index (κ3) is 4.36. The van der Waals surface area contributed by atoms with E-state index in [-0.39, 0.29) is 11.8 Å². The van der Waals surface area contributed by atoms with E-state index in [0.717, 1.165) is 23.4 Å². The maximum Gasteiger partial charge on any atom is 0.262 e. The first-order valence-corrected chi connectivity index (χ1v) is 9.83. The molecule has 3 aromatic rings. The van der Waals surface area contributed by atoms with Gasteiger partial charge in [0.1, 0.15) is 11.3 Å². The minimum atomic E-state index is -0.248. The van der Waals surface area contributed by atoms with Gasteiger partial charge >= 0.3 is 0 Å². The number of aromatic nitrogens is 2. The largest absolute Gasteiger partial charge is 0.494 e. The van der Waals surface area contributed by atoms with Crippen LogP contribution in [0.15, 0.2) is 34.2 Å². The van der Waals surface area contributed by atoms with E-state index in [9.17, 15) is 4.79 Å². The molecule has 1 amide bonds. The molecular formula is C20H23N3O3S. The normalized spacial score (nSPS) is 11.0. The summed E-state index contributed by atoms with van der Waals surface area (Å²) in [6, 6.07) is 7.79. The second kappa shape index (κ2) is 8.35. The van der Waals surface area contributed by atoms with Gasteiger partial charge in [-0.3, -0.25) is 10.1 Å². The molecule has 27 heavy (non-hydrogen) atoms. The summed E-state index contributed by atoms with van der Waals surface area (Å²) in [4.78, 5) is 17.2. The number of benzene rings is 1. The molecule has 1 N–H and O–H groups in total. The van der Waals surface area contributed by atoms with Crippen molar-refractivity contribution in [2.75, 3.05) is 11.9 Å². The highest BCUT2D eigenvalue weighted by Crippen LogP contribution is 2.28. The van der Waals surface area contributed by atoms with Crippen LogP contribution in [-0.4, -0.2) is 22.7 Å². The van der Waals surface area contributed by atoms with Gasteiger partial charge in [0, 0.05) is 16.9 Å². The topological polar surface area (TPSA) is 77.2 Å². The molecule has 2 aromatic heterocycles. The van der Waals surface area contributed by atoms with Crippen molar-refractivity contribution >= 4 is 22.4 Å². The maximum atomic E-state index is 12.7. The van der Waals surface area contributed by atoms with Crippen molar-refractivity contribution in [2.24, 2.45) is 0 Å². The Morgan fingerprint density at radius 2 is 2.04 bits per heavy atom. The van der Waals surface area contributed by atoms with Gasteiger partial charge in [0.05, 0.1) is 18.0 Å². The molecule has 0 atom stereocenters. The highest BCUT2D eigenvalue weighted by atomic mass is 32.1. The zero-order valence-corrected chi connectivity index (χ0v) is 16.7. The molecule has 0 saturated heterocycles. The highest BCUT2D eigenvalue weighted by Gasteiger charge is 2.23. The van der Waals surface area contributed by atoms with E-state index in [0.29, 0.717) is 28.8 Å². The van der Waals surface area contributed by atoms with Crippen LogP contribution in [-0.2, 0) is 0 Å². The number of carbonyl (C=O) groups is 1. The number of aryl methyl sites for hydroxylation is 1. The Bertz CT molecular complexity index is 913. The fourth-order valence-electron chi connectivity index (χ4n) is 2.62. The lowest BCUT2D eigenvalue weighted by Gasteiger charge is -2.05. The number of ether oxygens (including phenoxy) is 1. The molecule has 3 rings (SSSR count). The van der Waals surface area contributed by atoms with Gasteiger partial charge in [-0.05, 0) is 37.6 Å². The summed E-state index contributed by atoms with van der Waals surface area (Å²) < 4.78 is 10.9. The Balaban J connectivity index is 1.73. The maximum absolute atomic E-state index is 12.7. The number of hydrogen-bond donors (Lipinski definition) is 1. The second-order valence-corrected chi connectivity index (χ2v) is 7.38.